The van der Waals surface area contributed by atoms with Crippen LogP contribution < -0.4 is 5.32 Å². The van der Waals surface area contributed by atoms with Crippen molar-refractivity contribution in [1.29, 1.82) is 0 Å². The van der Waals surface area contributed by atoms with Gasteiger partial charge in [0.15, 0.2) is 0 Å². The topological polar surface area (TPSA) is 55.6 Å². The lowest BCUT2D eigenvalue weighted by Crippen LogP contribution is -2.08. The van der Waals surface area contributed by atoms with Gasteiger partial charge in [-0.2, -0.15) is 5.10 Å². The fourth-order valence-corrected chi connectivity index (χ4v) is 2.20. The van der Waals surface area contributed by atoms with E-state index in [1.165, 1.54) is 6.20 Å². The fourth-order valence-electron chi connectivity index (χ4n) is 2.05. The Bertz CT molecular complexity index is 709. The Hall–Kier alpha value is -2.40. The van der Waals surface area contributed by atoms with Crippen molar-refractivity contribution in [1.82, 2.24) is 19.7 Å². The third-order valence-electron chi connectivity index (χ3n) is 3.13. The van der Waals surface area contributed by atoms with E-state index in [9.17, 15) is 0 Å². The lowest BCUT2D eigenvalue weighted by atomic mass is 10.1. The fraction of sp³-hybridized carbons (Fsp3) is 0.133. The highest BCUT2D eigenvalue weighted by Crippen LogP contribution is 2.19. The van der Waals surface area contributed by atoms with E-state index < -0.39 is 0 Å². The quantitative estimate of drug-likeness (QED) is 0.801. The molecule has 1 aromatic carbocycles. The van der Waals surface area contributed by atoms with Crippen molar-refractivity contribution < 1.29 is 0 Å². The SMILES string of the molecule is CC(Nc1cncc(Cl)n1)c1ccc(-n2cccn2)cc1. The minimum Gasteiger partial charge on any atom is -0.362 e. The lowest BCUT2D eigenvalue weighted by Gasteiger charge is -2.15. The van der Waals surface area contributed by atoms with Gasteiger partial charge in [-0.05, 0) is 30.7 Å². The lowest BCUT2D eigenvalue weighted by molar-refractivity contribution is 0.857. The Labute approximate surface area is 127 Å². The zero-order chi connectivity index (χ0) is 14.7. The Morgan fingerprint density at radius 2 is 2.00 bits per heavy atom. The molecule has 1 atom stereocenters. The average molecular weight is 300 g/mol. The van der Waals surface area contributed by atoms with Crippen LogP contribution >= 0.6 is 11.6 Å². The summed E-state index contributed by atoms with van der Waals surface area (Å²) in [5, 5.41) is 7.86. The highest BCUT2D eigenvalue weighted by atomic mass is 35.5. The zero-order valence-corrected chi connectivity index (χ0v) is 12.2. The maximum atomic E-state index is 5.83. The van der Waals surface area contributed by atoms with Gasteiger partial charge in [-0.15, -0.1) is 0 Å². The number of anilines is 1. The zero-order valence-electron chi connectivity index (χ0n) is 11.4. The second kappa shape index (κ2) is 5.93. The van der Waals surface area contributed by atoms with E-state index in [-0.39, 0.29) is 6.04 Å². The Balaban J connectivity index is 1.74. The van der Waals surface area contributed by atoms with Crippen molar-refractivity contribution in [2.45, 2.75) is 13.0 Å². The van der Waals surface area contributed by atoms with Crippen LogP contribution in [-0.4, -0.2) is 19.7 Å². The number of benzene rings is 1. The average Bonchev–Trinajstić information content (AvgIpc) is 3.01. The molecule has 0 aliphatic heterocycles. The smallest absolute Gasteiger partial charge is 0.149 e. The summed E-state index contributed by atoms with van der Waals surface area (Å²) in [5.74, 6) is 0.658. The maximum absolute atomic E-state index is 5.83. The Kier molecular flexibility index (Phi) is 3.83. The first-order valence-electron chi connectivity index (χ1n) is 6.56. The van der Waals surface area contributed by atoms with Crippen molar-refractivity contribution in [2.24, 2.45) is 0 Å². The van der Waals surface area contributed by atoms with Gasteiger partial charge in [-0.1, -0.05) is 23.7 Å². The minimum atomic E-state index is 0.101. The third kappa shape index (κ3) is 3.20. The second-order valence-electron chi connectivity index (χ2n) is 4.64. The number of nitrogens with zero attached hydrogens (tertiary/aromatic N) is 4. The molecule has 0 spiro atoms. The molecular weight excluding hydrogens is 286 g/mol. The molecule has 0 saturated heterocycles. The summed E-state index contributed by atoms with van der Waals surface area (Å²) < 4.78 is 1.82. The van der Waals surface area contributed by atoms with Crippen LogP contribution in [0.15, 0.2) is 55.1 Å². The molecule has 2 heterocycles. The monoisotopic (exact) mass is 299 g/mol. The molecule has 0 radical (unpaired) electrons. The molecule has 3 rings (SSSR count). The molecule has 5 nitrogen and oxygen atoms in total. The first-order chi connectivity index (χ1) is 10.2. The van der Waals surface area contributed by atoms with Crippen LogP contribution in [-0.2, 0) is 0 Å². The second-order valence-corrected chi connectivity index (χ2v) is 5.02. The summed E-state index contributed by atoms with van der Waals surface area (Å²) in [6.45, 7) is 2.06. The molecule has 6 heteroatoms. The minimum absolute atomic E-state index is 0.101. The summed E-state index contributed by atoms with van der Waals surface area (Å²) in [6, 6.07) is 10.2. The van der Waals surface area contributed by atoms with Gasteiger partial charge in [0.2, 0.25) is 0 Å². The van der Waals surface area contributed by atoms with Gasteiger partial charge in [0, 0.05) is 18.4 Å². The largest absolute Gasteiger partial charge is 0.362 e. The van der Waals surface area contributed by atoms with Crippen LogP contribution in [0, 0.1) is 0 Å². The molecule has 0 saturated carbocycles. The van der Waals surface area contributed by atoms with Crippen molar-refractivity contribution in [3.8, 4) is 5.69 Å². The molecule has 106 valence electrons. The predicted octanol–water partition coefficient (Wildman–Crippen LogP) is 3.49. The van der Waals surface area contributed by atoms with Crippen molar-refractivity contribution >= 4 is 17.4 Å². The van der Waals surface area contributed by atoms with Gasteiger partial charge in [0.25, 0.3) is 0 Å². The van der Waals surface area contributed by atoms with E-state index in [2.05, 4.69) is 39.4 Å². The summed E-state index contributed by atoms with van der Waals surface area (Å²) in [4.78, 5) is 8.18. The van der Waals surface area contributed by atoms with Crippen LogP contribution in [0.1, 0.15) is 18.5 Å². The van der Waals surface area contributed by atoms with Crippen molar-refractivity contribution in [3.05, 3.63) is 65.8 Å². The highest BCUT2D eigenvalue weighted by Gasteiger charge is 2.07. The molecule has 0 bridgehead atoms. The molecule has 3 aromatic rings. The molecule has 0 fully saturated rings. The molecular formula is C15H14ClN5. The number of aromatic nitrogens is 4. The van der Waals surface area contributed by atoms with Gasteiger partial charge in [0.05, 0.1) is 18.1 Å². The van der Waals surface area contributed by atoms with E-state index >= 15 is 0 Å². The van der Waals surface area contributed by atoms with Crippen LogP contribution in [0.4, 0.5) is 5.82 Å². The van der Waals surface area contributed by atoms with Gasteiger partial charge >= 0.3 is 0 Å². The highest BCUT2D eigenvalue weighted by molar-refractivity contribution is 6.29. The number of rotatable bonds is 4. The van der Waals surface area contributed by atoms with E-state index in [1.807, 2.05) is 29.1 Å². The molecule has 2 aromatic heterocycles. The Morgan fingerprint density at radius 3 is 2.67 bits per heavy atom. The number of nitrogens with one attached hydrogen (secondary N) is 1. The van der Waals surface area contributed by atoms with Crippen LogP contribution in [0.5, 0.6) is 0 Å². The van der Waals surface area contributed by atoms with E-state index in [1.54, 1.807) is 12.4 Å². The molecule has 1 unspecified atom stereocenters. The van der Waals surface area contributed by atoms with Crippen LogP contribution in [0.2, 0.25) is 5.15 Å². The van der Waals surface area contributed by atoms with Gasteiger partial charge < -0.3 is 5.32 Å². The van der Waals surface area contributed by atoms with Crippen molar-refractivity contribution in [3.63, 3.8) is 0 Å². The normalized spacial score (nSPS) is 12.1. The Morgan fingerprint density at radius 1 is 1.19 bits per heavy atom. The van der Waals surface area contributed by atoms with Gasteiger partial charge in [-0.3, -0.25) is 4.98 Å². The van der Waals surface area contributed by atoms with Gasteiger partial charge in [0.1, 0.15) is 11.0 Å². The molecule has 21 heavy (non-hydrogen) atoms. The standard InChI is InChI=1S/C15H14ClN5/c1-11(19-15-10-17-9-14(16)20-15)12-3-5-13(6-4-12)21-8-2-7-18-21/h2-11H,1H3,(H,19,20). The van der Waals surface area contributed by atoms with E-state index in [0.717, 1.165) is 11.3 Å². The summed E-state index contributed by atoms with van der Waals surface area (Å²) in [5.41, 5.74) is 2.17. The molecule has 0 aliphatic carbocycles. The number of halogens is 1. The van der Waals surface area contributed by atoms with Gasteiger partial charge in [-0.25, -0.2) is 9.67 Å². The molecule has 0 amide bonds. The first kappa shape index (κ1) is 13.6. The third-order valence-corrected chi connectivity index (χ3v) is 3.31. The van der Waals surface area contributed by atoms with Crippen molar-refractivity contribution in [2.75, 3.05) is 5.32 Å². The number of hydrogen-bond acceptors (Lipinski definition) is 4. The molecule has 0 aliphatic rings. The molecule has 1 N–H and O–H groups in total. The summed E-state index contributed by atoms with van der Waals surface area (Å²) in [7, 11) is 0. The summed E-state index contributed by atoms with van der Waals surface area (Å²) >= 11 is 5.83. The predicted molar refractivity (Wildman–Crippen MR) is 82.6 cm³/mol. The van der Waals surface area contributed by atoms with Crippen LogP contribution in [0.3, 0.4) is 0 Å². The van der Waals surface area contributed by atoms with E-state index in [4.69, 9.17) is 11.6 Å². The van der Waals surface area contributed by atoms with E-state index in [0.29, 0.717) is 11.0 Å². The summed E-state index contributed by atoms with van der Waals surface area (Å²) in [6.07, 6.45) is 6.84. The first-order valence-corrected chi connectivity index (χ1v) is 6.94. The number of hydrogen-bond donors (Lipinski definition) is 1. The maximum Gasteiger partial charge on any atom is 0.149 e. The van der Waals surface area contributed by atoms with Crippen LogP contribution in [0.25, 0.3) is 5.69 Å².